The number of thioether (sulfide) groups is 1. The van der Waals surface area contributed by atoms with Crippen molar-refractivity contribution in [3.05, 3.63) is 94.0 Å². The normalized spacial score (nSPS) is 11.3. The van der Waals surface area contributed by atoms with Gasteiger partial charge in [0.25, 0.3) is 10.0 Å². The highest BCUT2D eigenvalue weighted by molar-refractivity contribution is 7.98. The highest BCUT2D eigenvalue weighted by Gasteiger charge is 2.28. The number of nitrogens with zero attached hydrogens (tertiary/aromatic N) is 1. The van der Waals surface area contributed by atoms with Crippen molar-refractivity contribution in [3.63, 3.8) is 0 Å². The Morgan fingerprint density at radius 1 is 0.971 bits per heavy atom. The van der Waals surface area contributed by atoms with Crippen LogP contribution >= 0.6 is 35.0 Å². The number of benzene rings is 3. The van der Waals surface area contributed by atoms with Gasteiger partial charge >= 0.3 is 0 Å². The summed E-state index contributed by atoms with van der Waals surface area (Å²) in [6.45, 7) is 1.91. The molecular formula is C25H26Cl2N2O3S2. The van der Waals surface area contributed by atoms with E-state index in [0.717, 1.165) is 22.2 Å². The zero-order valence-electron chi connectivity index (χ0n) is 18.7. The van der Waals surface area contributed by atoms with Gasteiger partial charge in [0.2, 0.25) is 5.91 Å². The first-order valence-electron chi connectivity index (χ1n) is 10.7. The molecule has 3 aromatic rings. The van der Waals surface area contributed by atoms with E-state index >= 15 is 0 Å². The number of carbonyl (C=O) groups is 1. The summed E-state index contributed by atoms with van der Waals surface area (Å²) in [7, 11) is -3.96. The van der Waals surface area contributed by atoms with Crippen molar-refractivity contribution in [1.82, 2.24) is 5.32 Å². The second-order valence-electron chi connectivity index (χ2n) is 7.64. The minimum atomic E-state index is -3.96. The summed E-state index contributed by atoms with van der Waals surface area (Å²) >= 11 is 13.8. The van der Waals surface area contributed by atoms with E-state index in [4.69, 9.17) is 23.2 Å². The molecule has 5 nitrogen and oxygen atoms in total. The molecule has 1 N–H and O–H groups in total. The molecule has 0 heterocycles. The SMILES string of the molecule is Cc1ccc(Cl)cc1N(CC(=O)NCCCSCc1ccc(Cl)cc1)S(=O)(=O)c1ccccc1. The first-order valence-corrected chi connectivity index (χ1v) is 14.1. The van der Waals surface area contributed by atoms with Crippen LogP contribution in [0.2, 0.25) is 10.0 Å². The van der Waals surface area contributed by atoms with E-state index < -0.39 is 10.0 Å². The van der Waals surface area contributed by atoms with Crippen LogP contribution in [-0.2, 0) is 20.6 Å². The topological polar surface area (TPSA) is 66.5 Å². The average Bonchev–Trinajstić information content (AvgIpc) is 2.83. The van der Waals surface area contributed by atoms with Gasteiger partial charge in [0, 0.05) is 22.3 Å². The first-order chi connectivity index (χ1) is 16.3. The van der Waals surface area contributed by atoms with E-state index in [-0.39, 0.29) is 17.3 Å². The third kappa shape index (κ3) is 7.40. The van der Waals surface area contributed by atoms with E-state index in [1.54, 1.807) is 55.1 Å². The number of hydrogen-bond donors (Lipinski definition) is 1. The van der Waals surface area contributed by atoms with Gasteiger partial charge in [-0.25, -0.2) is 8.42 Å². The maximum atomic E-state index is 13.4. The van der Waals surface area contributed by atoms with Crippen LogP contribution in [0, 0.1) is 6.92 Å². The molecule has 0 aliphatic carbocycles. The summed E-state index contributed by atoms with van der Waals surface area (Å²) in [4.78, 5) is 12.8. The molecule has 0 aliphatic rings. The number of hydrogen-bond acceptors (Lipinski definition) is 4. The predicted octanol–water partition coefficient (Wildman–Crippen LogP) is 5.94. The number of nitrogens with one attached hydrogen (secondary N) is 1. The Bertz CT molecular complexity index is 1200. The van der Waals surface area contributed by atoms with E-state index in [9.17, 15) is 13.2 Å². The zero-order valence-corrected chi connectivity index (χ0v) is 21.9. The lowest BCUT2D eigenvalue weighted by atomic mass is 10.2. The molecular weight excluding hydrogens is 511 g/mol. The van der Waals surface area contributed by atoms with Gasteiger partial charge in [-0.3, -0.25) is 9.10 Å². The molecule has 0 aromatic heterocycles. The maximum absolute atomic E-state index is 13.4. The molecule has 34 heavy (non-hydrogen) atoms. The molecule has 3 aromatic carbocycles. The van der Waals surface area contributed by atoms with E-state index in [2.05, 4.69) is 5.32 Å². The van der Waals surface area contributed by atoms with Gasteiger partial charge in [-0.15, -0.1) is 0 Å². The lowest BCUT2D eigenvalue weighted by Crippen LogP contribution is -2.41. The van der Waals surface area contributed by atoms with E-state index in [0.29, 0.717) is 27.8 Å². The fourth-order valence-electron chi connectivity index (χ4n) is 3.23. The number of rotatable bonds is 11. The third-order valence-corrected chi connectivity index (χ3v) is 8.40. The summed E-state index contributed by atoms with van der Waals surface area (Å²) in [6.07, 6.45) is 0.769. The van der Waals surface area contributed by atoms with Gasteiger partial charge in [-0.05, 0) is 66.6 Å². The highest BCUT2D eigenvalue weighted by atomic mass is 35.5. The van der Waals surface area contributed by atoms with Crippen LogP contribution in [-0.4, -0.2) is 33.2 Å². The van der Waals surface area contributed by atoms with Crippen molar-refractivity contribution >= 4 is 56.6 Å². The lowest BCUT2D eigenvalue weighted by Gasteiger charge is -2.25. The molecule has 1 amide bonds. The first kappa shape index (κ1) is 26.4. The second-order valence-corrected chi connectivity index (χ2v) is 11.5. The van der Waals surface area contributed by atoms with Gasteiger partial charge < -0.3 is 5.32 Å². The standard InChI is InChI=1S/C25H26Cl2N2O3S2/c1-19-8-11-22(27)16-24(19)29(34(31,32)23-6-3-2-4-7-23)17-25(30)28-14-5-15-33-18-20-9-12-21(26)13-10-20/h2-4,6-13,16H,5,14-15,17-18H2,1H3,(H,28,30). The number of anilines is 1. The van der Waals surface area contributed by atoms with Crippen LogP contribution in [0.15, 0.2) is 77.7 Å². The predicted molar refractivity (Wildman–Crippen MR) is 142 cm³/mol. The van der Waals surface area contributed by atoms with Gasteiger partial charge in [0.1, 0.15) is 6.54 Å². The van der Waals surface area contributed by atoms with Crippen LogP contribution in [0.5, 0.6) is 0 Å². The zero-order chi connectivity index (χ0) is 24.6. The Hall–Kier alpha value is -2.19. The number of carbonyl (C=O) groups excluding carboxylic acids is 1. The van der Waals surface area contributed by atoms with E-state index in [1.165, 1.54) is 17.7 Å². The Morgan fingerprint density at radius 3 is 2.35 bits per heavy atom. The van der Waals surface area contributed by atoms with Gasteiger partial charge in [0.15, 0.2) is 0 Å². The summed E-state index contributed by atoms with van der Waals surface area (Å²) < 4.78 is 27.9. The second kappa shape index (κ2) is 12.5. The van der Waals surface area contributed by atoms with Gasteiger partial charge in [-0.1, -0.05) is 59.6 Å². The molecule has 0 fully saturated rings. The smallest absolute Gasteiger partial charge is 0.264 e. The van der Waals surface area contributed by atoms with Gasteiger partial charge in [0.05, 0.1) is 10.6 Å². The molecule has 0 unspecified atom stereocenters. The quantitative estimate of drug-likeness (QED) is 0.308. The Balaban J connectivity index is 1.60. The lowest BCUT2D eigenvalue weighted by molar-refractivity contribution is -0.119. The minimum absolute atomic E-state index is 0.112. The number of amides is 1. The van der Waals surface area contributed by atoms with Crippen molar-refractivity contribution < 1.29 is 13.2 Å². The average molecular weight is 538 g/mol. The van der Waals surface area contributed by atoms with Crippen LogP contribution < -0.4 is 9.62 Å². The van der Waals surface area contributed by atoms with Crippen molar-refractivity contribution in [1.29, 1.82) is 0 Å². The molecule has 0 atom stereocenters. The number of aryl methyl sites for hydroxylation is 1. The molecule has 0 radical (unpaired) electrons. The molecule has 0 saturated carbocycles. The van der Waals surface area contributed by atoms with Crippen LogP contribution in [0.4, 0.5) is 5.69 Å². The summed E-state index contributed by atoms with van der Waals surface area (Å²) in [5.74, 6) is 1.35. The Kier molecular flexibility index (Phi) is 9.71. The molecule has 0 spiro atoms. The molecule has 0 aliphatic heterocycles. The number of sulfonamides is 1. The summed E-state index contributed by atoms with van der Waals surface area (Å²) in [6, 6.07) is 20.8. The number of halogens is 2. The monoisotopic (exact) mass is 536 g/mol. The Labute approximate surface area is 215 Å². The fraction of sp³-hybridized carbons (Fsp3) is 0.240. The van der Waals surface area contributed by atoms with Crippen LogP contribution in [0.25, 0.3) is 0 Å². The molecule has 180 valence electrons. The van der Waals surface area contributed by atoms with Crippen LogP contribution in [0.3, 0.4) is 0 Å². The van der Waals surface area contributed by atoms with Crippen LogP contribution in [0.1, 0.15) is 17.5 Å². The fourth-order valence-corrected chi connectivity index (χ4v) is 5.94. The largest absolute Gasteiger partial charge is 0.354 e. The summed E-state index contributed by atoms with van der Waals surface area (Å²) in [5, 5.41) is 3.95. The van der Waals surface area contributed by atoms with Gasteiger partial charge in [-0.2, -0.15) is 11.8 Å². The van der Waals surface area contributed by atoms with Crippen molar-refractivity contribution in [2.75, 3.05) is 23.1 Å². The third-order valence-electron chi connectivity index (χ3n) is 5.03. The molecule has 0 bridgehead atoms. The minimum Gasteiger partial charge on any atom is -0.354 e. The van der Waals surface area contributed by atoms with Crippen molar-refractivity contribution in [2.45, 2.75) is 24.0 Å². The Morgan fingerprint density at radius 2 is 1.65 bits per heavy atom. The highest BCUT2D eigenvalue weighted by Crippen LogP contribution is 2.29. The molecule has 9 heteroatoms. The molecule has 0 saturated heterocycles. The van der Waals surface area contributed by atoms with E-state index in [1.807, 2.05) is 24.3 Å². The maximum Gasteiger partial charge on any atom is 0.264 e. The summed E-state index contributed by atoms with van der Waals surface area (Å²) in [5.41, 5.74) is 2.28. The van der Waals surface area contributed by atoms with Crippen molar-refractivity contribution in [2.24, 2.45) is 0 Å². The van der Waals surface area contributed by atoms with Crippen molar-refractivity contribution in [3.8, 4) is 0 Å². The molecule has 3 rings (SSSR count).